The lowest BCUT2D eigenvalue weighted by Crippen LogP contribution is -2.35. The molecule has 0 spiro atoms. The molecule has 4 rings (SSSR count). The molecule has 1 atom stereocenters. The molecule has 4 heterocycles. The number of aromatic nitrogens is 5. The van der Waals surface area contributed by atoms with E-state index >= 15 is 0 Å². The zero-order valence-corrected chi connectivity index (χ0v) is 14.9. The van der Waals surface area contributed by atoms with E-state index in [4.69, 9.17) is 4.52 Å². The predicted octanol–water partition coefficient (Wildman–Crippen LogP) is 2.76. The number of carbonyl (C=O) groups excluding carboxylic acids is 1. The van der Waals surface area contributed by atoms with E-state index in [0.29, 0.717) is 18.3 Å². The third kappa shape index (κ3) is 3.57. The summed E-state index contributed by atoms with van der Waals surface area (Å²) >= 11 is 0. The van der Waals surface area contributed by atoms with E-state index < -0.39 is 5.95 Å². The van der Waals surface area contributed by atoms with Gasteiger partial charge in [0.25, 0.3) is 11.8 Å². The molecule has 1 amide bonds. The highest BCUT2D eigenvalue weighted by molar-refractivity contribution is 5.94. The van der Waals surface area contributed by atoms with E-state index in [9.17, 15) is 9.18 Å². The zero-order chi connectivity index (χ0) is 18.8. The number of halogens is 1. The van der Waals surface area contributed by atoms with E-state index in [0.717, 1.165) is 37.3 Å². The number of nitrogens with zero attached hydrogens (tertiary/aromatic N) is 6. The van der Waals surface area contributed by atoms with Crippen molar-refractivity contribution in [3.05, 3.63) is 48.1 Å². The first-order valence-electron chi connectivity index (χ1n) is 8.87. The minimum atomic E-state index is -0.675. The number of hydrogen-bond acceptors (Lipinski definition) is 6. The molecular formula is C18H19FN6O2. The number of aryl methyl sites for hydroxylation is 1. The summed E-state index contributed by atoms with van der Waals surface area (Å²) in [7, 11) is 1.81. The fraction of sp³-hybridized carbons (Fsp3) is 0.389. The molecular weight excluding hydrogens is 351 g/mol. The van der Waals surface area contributed by atoms with E-state index in [1.807, 2.05) is 0 Å². The van der Waals surface area contributed by atoms with Crippen LogP contribution in [0.2, 0.25) is 0 Å². The lowest BCUT2D eigenvalue weighted by molar-refractivity contribution is 0.0669. The standard InChI is InChI=1S/C18H19FN6O2/c1-24-11-13(10-21-24)17-22-16(23-27-17)14-5-3-2-4-8-25(14)18(26)12-6-7-20-15(19)9-12/h6-7,9-11,14H,2-5,8H2,1H3. The van der Waals surface area contributed by atoms with Gasteiger partial charge in [-0.3, -0.25) is 9.48 Å². The van der Waals surface area contributed by atoms with Crippen molar-refractivity contribution in [3.63, 3.8) is 0 Å². The Hall–Kier alpha value is -3.10. The average Bonchev–Trinajstić information content (AvgIpc) is 3.24. The van der Waals surface area contributed by atoms with Gasteiger partial charge < -0.3 is 9.42 Å². The summed E-state index contributed by atoms with van der Waals surface area (Å²) in [6, 6.07) is 2.36. The molecule has 1 aliphatic heterocycles. The molecule has 0 bridgehead atoms. The Morgan fingerprint density at radius 3 is 3.00 bits per heavy atom. The lowest BCUT2D eigenvalue weighted by Gasteiger charge is -2.27. The Labute approximate surface area is 155 Å². The largest absolute Gasteiger partial charge is 0.334 e. The monoisotopic (exact) mass is 370 g/mol. The molecule has 1 fully saturated rings. The van der Waals surface area contributed by atoms with Crippen molar-refractivity contribution in [3.8, 4) is 11.5 Å². The Bertz CT molecular complexity index is 953. The van der Waals surface area contributed by atoms with Crippen molar-refractivity contribution in [2.45, 2.75) is 31.7 Å². The van der Waals surface area contributed by atoms with Gasteiger partial charge in [-0.1, -0.05) is 18.0 Å². The van der Waals surface area contributed by atoms with Gasteiger partial charge >= 0.3 is 0 Å². The number of amides is 1. The van der Waals surface area contributed by atoms with Gasteiger partial charge in [0.05, 0.1) is 17.8 Å². The molecule has 1 unspecified atom stereocenters. The van der Waals surface area contributed by atoms with Crippen LogP contribution in [0.4, 0.5) is 4.39 Å². The molecule has 1 aliphatic rings. The van der Waals surface area contributed by atoms with E-state index in [2.05, 4.69) is 20.2 Å². The van der Waals surface area contributed by atoms with Crippen LogP contribution in [-0.4, -0.2) is 42.3 Å². The molecule has 3 aromatic rings. The van der Waals surface area contributed by atoms with Crippen molar-refractivity contribution in [2.24, 2.45) is 7.05 Å². The fourth-order valence-electron chi connectivity index (χ4n) is 3.34. The highest BCUT2D eigenvalue weighted by atomic mass is 19.1. The van der Waals surface area contributed by atoms with Gasteiger partial charge in [0.15, 0.2) is 5.82 Å². The predicted molar refractivity (Wildman–Crippen MR) is 92.9 cm³/mol. The van der Waals surface area contributed by atoms with E-state index in [1.165, 1.54) is 12.3 Å². The second kappa shape index (κ2) is 7.26. The second-order valence-electron chi connectivity index (χ2n) is 6.59. The average molecular weight is 370 g/mol. The number of likely N-dealkylation sites (tertiary alicyclic amines) is 1. The maximum Gasteiger partial charge on any atom is 0.261 e. The van der Waals surface area contributed by atoms with Crippen LogP contribution in [0.1, 0.15) is 47.9 Å². The van der Waals surface area contributed by atoms with Crippen LogP contribution >= 0.6 is 0 Å². The fourth-order valence-corrected chi connectivity index (χ4v) is 3.34. The van der Waals surface area contributed by atoms with Gasteiger partial charge in [-0.15, -0.1) is 0 Å². The summed E-state index contributed by atoms with van der Waals surface area (Å²) in [5.74, 6) is -0.107. The molecule has 8 nitrogen and oxygen atoms in total. The molecule has 0 aliphatic carbocycles. The highest BCUT2D eigenvalue weighted by Gasteiger charge is 2.31. The molecule has 3 aromatic heterocycles. The summed E-state index contributed by atoms with van der Waals surface area (Å²) in [6.07, 6.45) is 8.30. The first kappa shape index (κ1) is 17.3. The van der Waals surface area contributed by atoms with Crippen LogP contribution in [0.3, 0.4) is 0 Å². The van der Waals surface area contributed by atoms with E-state index in [-0.39, 0.29) is 17.5 Å². The minimum Gasteiger partial charge on any atom is -0.334 e. The maximum absolute atomic E-state index is 13.5. The summed E-state index contributed by atoms with van der Waals surface area (Å²) in [5.41, 5.74) is 0.990. The SMILES string of the molecule is Cn1cc(-c2nc(C3CCCCCN3C(=O)c3ccnc(F)c3)no2)cn1. The Kier molecular flexibility index (Phi) is 4.66. The summed E-state index contributed by atoms with van der Waals surface area (Å²) < 4.78 is 20.5. The number of carbonyl (C=O) groups is 1. The normalized spacial score (nSPS) is 17.7. The second-order valence-corrected chi connectivity index (χ2v) is 6.59. The molecule has 0 aromatic carbocycles. The third-order valence-corrected chi connectivity index (χ3v) is 4.68. The first-order valence-corrected chi connectivity index (χ1v) is 8.87. The van der Waals surface area contributed by atoms with Crippen LogP contribution in [0.5, 0.6) is 0 Å². The third-order valence-electron chi connectivity index (χ3n) is 4.68. The van der Waals surface area contributed by atoms with Crippen LogP contribution < -0.4 is 0 Å². The lowest BCUT2D eigenvalue weighted by atomic mass is 10.1. The first-order chi connectivity index (χ1) is 13.1. The molecule has 1 saturated heterocycles. The van der Waals surface area contributed by atoms with Crippen LogP contribution in [0.15, 0.2) is 35.2 Å². The smallest absolute Gasteiger partial charge is 0.261 e. The summed E-state index contributed by atoms with van der Waals surface area (Å²) in [6.45, 7) is 0.560. The molecule has 27 heavy (non-hydrogen) atoms. The molecule has 0 radical (unpaired) electrons. The number of rotatable bonds is 3. The van der Waals surface area contributed by atoms with Crippen molar-refractivity contribution in [1.29, 1.82) is 0 Å². The highest BCUT2D eigenvalue weighted by Crippen LogP contribution is 2.31. The van der Waals surface area contributed by atoms with Crippen LogP contribution in [-0.2, 0) is 7.05 Å². The number of hydrogen-bond donors (Lipinski definition) is 0. The van der Waals surface area contributed by atoms with Crippen molar-refractivity contribution < 1.29 is 13.7 Å². The van der Waals surface area contributed by atoms with Crippen molar-refractivity contribution in [2.75, 3.05) is 6.54 Å². The van der Waals surface area contributed by atoms with Gasteiger partial charge in [-0.25, -0.2) is 4.98 Å². The number of pyridine rings is 1. The van der Waals surface area contributed by atoms with Gasteiger partial charge in [0.1, 0.15) is 0 Å². The maximum atomic E-state index is 13.5. The van der Waals surface area contributed by atoms with Gasteiger partial charge in [-0.05, 0) is 18.9 Å². The Morgan fingerprint density at radius 1 is 1.33 bits per heavy atom. The molecule has 0 N–H and O–H groups in total. The van der Waals surface area contributed by atoms with Crippen molar-refractivity contribution in [1.82, 2.24) is 29.8 Å². The van der Waals surface area contributed by atoms with Gasteiger partial charge in [-0.2, -0.15) is 14.5 Å². The van der Waals surface area contributed by atoms with Gasteiger partial charge in [0, 0.05) is 37.6 Å². The van der Waals surface area contributed by atoms with Crippen molar-refractivity contribution >= 4 is 5.91 Å². The molecule has 0 saturated carbocycles. The topological polar surface area (TPSA) is 89.9 Å². The summed E-state index contributed by atoms with van der Waals surface area (Å²) in [5, 5.41) is 8.21. The minimum absolute atomic E-state index is 0.254. The molecule has 9 heteroatoms. The van der Waals surface area contributed by atoms with E-state index in [1.54, 1.807) is 29.0 Å². The van der Waals surface area contributed by atoms with Gasteiger partial charge in [0.2, 0.25) is 5.95 Å². The Balaban J connectivity index is 1.64. The van der Waals surface area contributed by atoms with Crippen LogP contribution in [0.25, 0.3) is 11.5 Å². The Morgan fingerprint density at radius 2 is 2.22 bits per heavy atom. The van der Waals surface area contributed by atoms with Crippen LogP contribution in [0, 0.1) is 5.95 Å². The molecule has 140 valence electrons. The summed E-state index contributed by atoms with van der Waals surface area (Å²) in [4.78, 5) is 22.7. The zero-order valence-electron chi connectivity index (χ0n) is 14.9. The quantitative estimate of drug-likeness (QED) is 0.659.